The van der Waals surface area contributed by atoms with Crippen LogP contribution in [0.1, 0.15) is 37.4 Å². The first-order valence-corrected chi connectivity index (χ1v) is 10.6. The molecule has 1 saturated carbocycles. The van der Waals surface area contributed by atoms with E-state index in [1.807, 2.05) is 26.0 Å². The van der Waals surface area contributed by atoms with Gasteiger partial charge >= 0.3 is 0 Å². The van der Waals surface area contributed by atoms with Crippen LogP contribution in [-0.4, -0.2) is 31.5 Å². The Balaban J connectivity index is 1.52. The van der Waals surface area contributed by atoms with Crippen LogP contribution in [0.3, 0.4) is 0 Å². The second-order valence-electron chi connectivity index (χ2n) is 6.46. The summed E-state index contributed by atoms with van der Waals surface area (Å²) in [6.07, 6.45) is 4.24. The lowest BCUT2D eigenvalue weighted by atomic mass is 10.3. The molecule has 1 amide bonds. The molecular formula is C18H19N5O2S2. The van der Waals surface area contributed by atoms with Crippen molar-refractivity contribution in [1.82, 2.24) is 19.6 Å². The highest BCUT2D eigenvalue weighted by Gasteiger charge is 2.35. The number of fused-ring (bicyclic) bond motifs is 1. The lowest BCUT2D eigenvalue weighted by molar-refractivity contribution is -0.118. The number of anilines is 1. The Labute approximate surface area is 164 Å². The Morgan fingerprint density at radius 2 is 2.22 bits per heavy atom. The number of amides is 1. The third-order valence-electron chi connectivity index (χ3n) is 4.37. The van der Waals surface area contributed by atoms with Gasteiger partial charge in [0.05, 0.1) is 5.69 Å². The van der Waals surface area contributed by atoms with Crippen LogP contribution >= 0.6 is 23.1 Å². The maximum absolute atomic E-state index is 12.3. The van der Waals surface area contributed by atoms with E-state index in [0.29, 0.717) is 28.6 Å². The molecule has 27 heavy (non-hydrogen) atoms. The van der Waals surface area contributed by atoms with Crippen LogP contribution in [0.25, 0.3) is 5.65 Å². The number of hydrogen-bond donors (Lipinski definition) is 0. The molecule has 0 saturated heterocycles. The maximum Gasteiger partial charge on any atom is 0.258 e. The predicted molar refractivity (Wildman–Crippen MR) is 106 cm³/mol. The SMILES string of the molecule is CCC(=O)N(c1nnc(SCc2cc(=O)n3cccc(C)c3n2)s1)C1CC1. The minimum atomic E-state index is -0.0919. The minimum absolute atomic E-state index is 0.0879. The molecule has 1 fully saturated rings. The summed E-state index contributed by atoms with van der Waals surface area (Å²) in [4.78, 5) is 30.9. The first kappa shape index (κ1) is 18.1. The standard InChI is InChI=1S/C18H19N5O2S2/c1-3-14(24)23(13-6-7-13)17-20-21-18(27-17)26-10-12-9-15(25)22-8-4-5-11(2)16(22)19-12/h4-5,8-9,13H,3,6-7,10H2,1-2H3. The van der Waals surface area contributed by atoms with Crippen molar-refractivity contribution in [1.29, 1.82) is 0 Å². The summed E-state index contributed by atoms with van der Waals surface area (Å²) < 4.78 is 2.32. The number of hydrogen-bond acceptors (Lipinski definition) is 7. The fraction of sp³-hybridized carbons (Fsp3) is 0.389. The minimum Gasteiger partial charge on any atom is -0.284 e. The van der Waals surface area contributed by atoms with Crippen LogP contribution in [-0.2, 0) is 10.5 Å². The number of nitrogens with zero attached hydrogens (tertiary/aromatic N) is 5. The van der Waals surface area contributed by atoms with Gasteiger partial charge in [-0.25, -0.2) is 4.98 Å². The van der Waals surface area contributed by atoms with Crippen LogP contribution in [0.2, 0.25) is 0 Å². The van der Waals surface area contributed by atoms with Gasteiger partial charge in [-0.3, -0.25) is 18.9 Å². The number of rotatable bonds is 6. The van der Waals surface area contributed by atoms with Gasteiger partial charge in [0.15, 0.2) is 4.34 Å². The fourth-order valence-corrected chi connectivity index (χ4v) is 4.67. The Bertz CT molecular complexity index is 1060. The number of pyridine rings is 1. The summed E-state index contributed by atoms with van der Waals surface area (Å²) >= 11 is 2.90. The van der Waals surface area contributed by atoms with E-state index in [1.165, 1.54) is 23.1 Å². The highest BCUT2D eigenvalue weighted by atomic mass is 32.2. The Morgan fingerprint density at radius 3 is 2.96 bits per heavy atom. The molecule has 0 spiro atoms. The van der Waals surface area contributed by atoms with Crippen molar-refractivity contribution >= 4 is 39.8 Å². The van der Waals surface area contributed by atoms with Gasteiger partial charge in [0.2, 0.25) is 11.0 Å². The molecule has 0 N–H and O–H groups in total. The molecule has 0 aliphatic heterocycles. The van der Waals surface area contributed by atoms with Gasteiger partial charge in [0.25, 0.3) is 5.56 Å². The molecule has 9 heteroatoms. The van der Waals surface area contributed by atoms with Gasteiger partial charge in [0, 0.05) is 30.5 Å². The van der Waals surface area contributed by atoms with Crippen LogP contribution in [0.15, 0.2) is 33.5 Å². The molecular weight excluding hydrogens is 382 g/mol. The molecule has 1 aliphatic carbocycles. The van der Waals surface area contributed by atoms with E-state index in [1.54, 1.807) is 21.6 Å². The summed E-state index contributed by atoms with van der Waals surface area (Å²) in [5.74, 6) is 0.616. The molecule has 140 valence electrons. The molecule has 7 nitrogen and oxygen atoms in total. The quantitative estimate of drug-likeness (QED) is 0.466. The van der Waals surface area contributed by atoms with Crippen LogP contribution in [0, 0.1) is 6.92 Å². The monoisotopic (exact) mass is 401 g/mol. The topological polar surface area (TPSA) is 80.5 Å². The highest BCUT2D eigenvalue weighted by molar-refractivity contribution is 8.00. The lowest BCUT2D eigenvalue weighted by Gasteiger charge is -2.17. The third-order valence-corrected chi connectivity index (χ3v) is 6.46. The zero-order valence-corrected chi connectivity index (χ0v) is 16.7. The average Bonchev–Trinajstić information content (AvgIpc) is 3.38. The van der Waals surface area contributed by atoms with Crippen LogP contribution in [0.4, 0.5) is 5.13 Å². The first-order valence-electron chi connectivity index (χ1n) is 8.83. The first-order chi connectivity index (χ1) is 13.1. The van der Waals surface area contributed by atoms with Gasteiger partial charge in [-0.2, -0.15) is 0 Å². The largest absolute Gasteiger partial charge is 0.284 e. The van der Waals surface area contributed by atoms with Crippen molar-refractivity contribution in [3.05, 3.63) is 46.0 Å². The van der Waals surface area contributed by atoms with E-state index in [4.69, 9.17) is 0 Å². The molecule has 0 atom stereocenters. The number of carbonyl (C=O) groups excluding carboxylic acids is 1. The van der Waals surface area contributed by atoms with Gasteiger partial charge < -0.3 is 0 Å². The molecule has 0 radical (unpaired) electrons. The fourth-order valence-electron chi connectivity index (χ4n) is 2.85. The number of aromatic nitrogens is 4. The van der Waals surface area contributed by atoms with Crippen molar-refractivity contribution in [3.8, 4) is 0 Å². The van der Waals surface area contributed by atoms with Crippen LogP contribution < -0.4 is 10.5 Å². The van der Waals surface area contributed by atoms with Crippen molar-refractivity contribution in [2.24, 2.45) is 0 Å². The molecule has 0 unspecified atom stereocenters. The summed E-state index contributed by atoms with van der Waals surface area (Å²) in [6, 6.07) is 5.60. The van der Waals surface area contributed by atoms with E-state index in [2.05, 4.69) is 15.2 Å². The molecule has 3 aromatic rings. The summed E-state index contributed by atoms with van der Waals surface area (Å²) in [6.45, 7) is 3.80. The predicted octanol–water partition coefficient (Wildman–Crippen LogP) is 3.05. The van der Waals surface area contributed by atoms with E-state index in [-0.39, 0.29) is 17.5 Å². The Morgan fingerprint density at radius 1 is 1.41 bits per heavy atom. The second kappa shape index (κ2) is 7.40. The zero-order valence-electron chi connectivity index (χ0n) is 15.1. The lowest BCUT2D eigenvalue weighted by Crippen LogP contribution is -2.32. The molecule has 0 aromatic carbocycles. The highest BCUT2D eigenvalue weighted by Crippen LogP contribution is 2.36. The van der Waals surface area contributed by atoms with Crippen LogP contribution in [0.5, 0.6) is 0 Å². The smallest absolute Gasteiger partial charge is 0.258 e. The molecule has 4 rings (SSSR count). The average molecular weight is 402 g/mol. The van der Waals surface area contributed by atoms with Crippen molar-refractivity contribution in [3.63, 3.8) is 0 Å². The Hall–Kier alpha value is -2.26. The van der Waals surface area contributed by atoms with E-state index in [9.17, 15) is 9.59 Å². The maximum atomic E-state index is 12.3. The van der Waals surface area contributed by atoms with Gasteiger partial charge in [0.1, 0.15) is 5.65 Å². The van der Waals surface area contributed by atoms with Gasteiger partial charge in [-0.15, -0.1) is 10.2 Å². The number of aryl methyl sites for hydroxylation is 1. The molecule has 3 aromatic heterocycles. The van der Waals surface area contributed by atoms with Crippen molar-refractivity contribution in [2.75, 3.05) is 4.90 Å². The second-order valence-corrected chi connectivity index (χ2v) is 8.64. The van der Waals surface area contributed by atoms with Crippen molar-refractivity contribution < 1.29 is 4.79 Å². The molecule has 0 bridgehead atoms. The third kappa shape index (κ3) is 3.74. The summed E-state index contributed by atoms with van der Waals surface area (Å²) in [5.41, 5.74) is 2.25. The van der Waals surface area contributed by atoms with Gasteiger partial charge in [-0.1, -0.05) is 36.1 Å². The van der Waals surface area contributed by atoms with E-state index >= 15 is 0 Å². The van der Waals surface area contributed by atoms with Crippen molar-refractivity contribution in [2.45, 2.75) is 49.2 Å². The summed E-state index contributed by atoms with van der Waals surface area (Å²) in [5, 5.41) is 9.08. The molecule has 3 heterocycles. The number of thioether (sulfide) groups is 1. The zero-order chi connectivity index (χ0) is 19.0. The van der Waals surface area contributed by atoms with E-state index in [0.717, 1.165) is 22.7 Å². The normalized spacial score (nSPS) is 13.9. The molecule has 1 aliphatic rings. The van der Waals surface area contributed by atoms with Gasteiger partial charge in [-0.05, 0) is 31.4 Å². The number of carbonyl (C=O) groups is 1. The van der Waals surface area contributed by atoms with E-state index < -0.39 is 0 Å². The summed E-state index contributed by atoms with van der Waals surface area (Å²) in [7, 11) is 0. The Kier molecular flexibility index (Phi) is 4.96.